The standard InChI is InChI=1S/C25H34N8O3/c1-6-11-16-15-19(31(4)28-16)24(34)27-30-33-21-18(12-7-2)29-32(5)22(21)25(35)26-23(33)17-13-9-10-14-20(17)36-8-3/h9-10,13-15,23,30H,6-8,11-12H2,1-5H3,(H,26,35)(H,27,34). The normalized spacial score (nSPS) is 15.0. The first kappa shape index (κ1) is 25.2. The van der Waals surface area contributed by atoms with Crippen molar-refractivity contribution >= 4 is 17.5 Å². The molecule has 0 radical (unpaired) electrons. The Morgan fingerprint density at radius 3 is 2.56 bits per heavy atom. The second kappa shape index (κ2) is 10.8. The Labute approximate surface area is 210 Å². The van der Waals surface area contributed by atoms with Gasteiger partial charge >= 0.3 is 0 Å². The maximum Gasteiger partial charge on any atom is 0.285 e. The van der Waals surface area contributed by atoms with Crippen LogP contribution in [0.4, 0.5) is 5.69 Å². The number of benzene rings is 1. The maximum absolute atomic E-state index is 13.2. The lowest BCUT2D eigenvalue weighted by molar-refractivity contribution is 0.0895. The van der Waals surface area contributed by atoms with E-state index in [2.05, 4.69) is 40.3 Å². The highest BCUT2D eigenvalue weighted by Gasteiger charge is 2.39. The molecule has 0 fully saturated rings. The summed E-state index contributed by atoms with van der Waals surface area (Å²) in [6.07, 6.45) is 2.59. The van der Waals surface area contributed by atoms with E-state index in [0.29, 0.717) is 35.9 Å². The molecule has 3 heterocycles. The van der Waals surface area contributed by atoms with Gasteiger partial charge in [-0.15, -0.1) is 5.53 Å². The van der Waals surface area contributed by atoms with Crippen molar-refractivity contribution in [1.29, 1.82) is 0 Å². The van der Waals surface area contributed by atoms with Gasteiger partial charge in [0, 0.05) is 19.7 Å². The smallest absolute Gasteiger partial charge is 0.285 e. The molecule has 11 nitrogen and oxygen atoms in total. The Kier molecular flexibility index (Phi) is 7.58. The minimum Gasteiger partial charge on any atom is -0.493 e. The Morgan fingerprint density at radius 2 is 1.83 bits per heavy atom. The number of hydrazine groups is 2. The van der Waals surface area contributed by atoms with Crippen molar-refractivity contribution in [3.63, 3.8) is 0 Å². The fourth-order valence-corrected chi connectivity index (χ4v) is 4.49. The van der Waals surface area contributed by atoms with Crippen LogP contribution in [0.15, 0.2) is 30.3 Å². The Bertz CT molecular complexity index is 1250. The second-order valence-corrected chi connectivity index (χ2v) is 8.69. The molecule has 3 aromatic rings. The molecule has 3 N–H and O–H groups in total. The first-order chi connectivity index (χ1) is 17.4. The Hall–Kier alpha value is -3.86. The molecule has 0 saturated heterocycles. The first-order valence-electron chi connectivity index (χ1n) is 12.4. The third-order valence-electron chi connectivity index (χ3n) is 6.03. The Morgan fingerprint density at radius 1 is 1.08 bits per heavy atom. The topological polar surface area (TPSA) is 118 Å². The molecule has 192 valence electrons. The highest BCUT2D eigenvalue weighted by Crippen LogP contribution is 2.37. The number of para-hydroxylation sites is 1. The van der Waals surface area contributed by atoms with Crippen molar-refractivity contribution in [2.45, 2.75) is 52.6 Å². The predicted molar refractivity (Wildman–Crippen MR) is 135 cm³/mol. The summed E-state index contributed by atoms with van der Waals surface area (Å²) in [5, 5.41) is 13.8. The van der Waals surface area contributed by atoms with Crippen LogP contribution in [0, 0.1) is 0 Å². The van der Waals surface area contributed by atoms with Crippen molar-refractivity contribution in [2.75, 3.05) is 11.6 Å². The van der Waals surface area contributed by atoms with E-state index in [1.165, 1.54) is 0 Å². The fraction of sp³-hybridized carbons (Fsp3) is 0.440. The zero-order valence-corrected chi connectivity index (χ0v) is 21.5. The summed E-state index contributed by atoms with van der Waals surface area (Å²) in [6, 6.07) is 9.31. The van der Waals surface area contributed by atoms with Crippen LogP contribution in [0.2, 0.25) is 0 Å². The number of aromatic nitrogens is 4. The average molecular weight is 495 g/mol. The number of hydrogen-bond acceptors (Lipinski definition) is 7. The molecule has 11 heteroatoms. The minimum absolute atomic E-state index is 0.251. The monoisotopic (exact) mass is 494 g/mol. The summed E-state index contributed by atoms with van der Waals surface area (Å²) in [4.78, 5) is 26.4. The molecule has 2 amide bonds. The van der Waals surface area contributed by atoms with Crippen LogP contribution in [0.1, 0.15) is 77.7 Å². The summed E-state index contributed by atoms with van der Waals surface area (Å²) in [7, 11) is 3.49. The summed E-state index contributed by atoms with van der Waals surface area (Å²) in [5.41, 5.74) is 9.69. The van der Waals surface area contributed by atoms with Gasteiger partial charge in [0.1, 0.15) is 23.3 Å². The van der Waals surface area contributed by atoms with Crippen molar-refractivity contribution < 1.29 is 14.3 Å². The molecule has 1 atom stereocenters. The SMILES string of the molecule is CCCc1cc(C(=O)NNN2c3c(CCC)nn(C)c3C(=O)NC2c2ccccc2OCC)n(C)n1. The second-order valence-electron chi connectivity index (χ2n) is 8.69. The first-order valence-corrected chi connectivity index (χ1v) is 12.4. The van der Waals surface area contributed by atoms with Crippen molar-refractivity contribution in [3.05, 3.63) is 58.7 Å². The molecule has 36 heavy (non-hydrogen) atoms. The molecule has 1 aliphatic rings. The van der Waals surface area contributed by atoms with Gasteiger partial charge < -0.3 is 10.1 Å². The third-order valence-corrected chi connectivity index (χ3v) is 6.03. The number of amides is 2. The van der Waals surface area contributed by atoms with E-state index < -0.39 is 6.17 Å². The number of aryl methyl sites for hydroxylation is 4. The van der Waals surface area contributed by atoms with Gasteiger partial charge in [-0.1, -0.05) is 44.9 Å². The van der Waals surface area contributed by atoms with Gasteiger partial charge in [0.25, 0.3) is 11.8 Å². The minimum atomic E-state index is -0.657. The van der Waals surface area contributed by atoms with Crippen LogP contribution >= 0.6 is 0 Å². The van der Waals surface area contributed by atoms with Gasteiger partial charge in [-0.05, 0) is 31.9 Å². The van der Waals surface area contributed by atoms with Crippen LogP contribution in [-0.4, -0.2) is 38.0 Å². The van der Waals surface area contributed by atoms with E-state index >= 15 is 0 Å². The molecule has 1 aliphatic heterocycles. The summed E-state index contributed by atoms with van der Waals surface area (Å²) < 4.78 is 9.00. The van der Waals surface area contributed by atoms with E-state index in [0.717, 1.165) is 36.2 Å². The number of hydrogen-bond donors (Lipinski definition) is 3. The van der Waals surface area contributed by atoms with Gasteiger partial charge in [-0.3, -0.25) is 29.4 Å². The number of rotatable bonds is 10. The molecular formula is C25H34N8O3. The number of nitrogens with one attached hydrogen (secondary N) is 3. The maximum atomic E-state index is 13.2. The van der Waals surface area contributed by atoms with Gasteiger partial charge in [-0.25, -0.2) is 0 Å². The van der Waals surface area contributed by atoms with Gasteiger partial charge in [0.15, 0.2) is 5.69 Å². The number of nitrogens with zero attached hydrogens (tertiary/aromatic N) is 5. The van der Waals surface area contributed by atoms with E-state index in [4.69, 9.17) is 4.74 Å². The zero-order valence-electron chi connectivity index (χ0n) is 21.5. The van der Waals surface area contributed by atoms with Crippen LogP contribution < -0.4 is 26.0 Å². The van der Waals surface area contributed by atoms with Crippen LogP contribution in [0.3, 0.4) is 0 Å². The summed E-state index contributed by atoms with van der Waals surface area (Å²) in [6.45, 7) is 6.51. The largest absolute Gasteiger partial charge is 0.493 e. The number of anilines is 1. The van der Waals surface area contributed by atoms with E-state index in [1.54, 1.807) is 34.5 Å². The van der Waals surface area contributed by atoms with Gasteiger partial charge in [0.05, 0.1) is 18.0 Å². The quantitative estimate of drug-likeness (QED) is 0.371. The van der Waals surface area contributed by atoms with Crippen LogP contribution in [0.5, 0.6) is 5.75 Å². The van der Waals surface area contributed by atoms with Crippen molar-refractivity contribution in [3.8, 4) is 5.75 Å². The molecule has 0 saturated carbocycles. The van der Waals surface area contributed by atoms with Gasteiger partial charge in [0.2, 0.25) is 0 Å². The predicted octanol–water partition coefficient (Wildman–Crippen LogP) is 2.56. The lowest BCUT2D eigenvalue weighted by atomic mass is 10.1. The molecule has 1 unspecified atom stereocenters. The molecular weight excluding hydrogens is 460 g/mol. The van der Waals surface area contributed by atoms with Crippen LogP contribution in [0.25, 0.3) is 0 Å². The summed E-state index contributed by atoms with van der Waals surface area (Å²) in [5.74, 6) is 0.0473. The number of carbonyl (C=O) groups is 2. The van der Waals surface area contributed by atoms with E-state index in [-0.39, 0.29) is 11.8 Å². The number of fused-ring (bicyclic) bond motifs is 1. The molecule has 1 aromatic carbocycles. The lowest BCUT2D eigenvalue weighted by Crippen LogP contribution is -2.58. The van der Waals surface area contributed by atoms with Crippen molar-refractivity contribution in [2.24, 2.45) is 14.1 Å². The average Bonchev–Trinajstić information content (AvgIpc) is 3.39. The molecule has 4 rings (SSSR count). The fourth-order valence-electron chi connectivity index (χ4n) is 4.49. The molecule has 0 aliphatic carbocycles. The van der Waals surface area contributed by atoms with Gasteiger partial charge in [-0.2, -0.15) is 10.2 Å². The van der Waals surface area contributed by atoms with Crippen molar-refractivity contribution in [1.82, 2.24) is 35.8 Å². The molecule has 2 aromatic heterocycles. The highest BCUT2D eigenvalue weighted by atomic mass is 16.5. The number of carbonyl (C=O) groups excluding carboxylic acids is 2. The highest BCUT2D eigenvalue weighted by molar-refractivity contribution is 6.01. The Balaban J connectivity index is 1.73. The van der Waals surface area contributed by atoms with E-state index in [9.17, 15) is 9.59 Å². The summed E-state index contributed by atoms with van der Waals surface area (Å²) >= 11 is 0. The van der Waals surface area contributed by atoms with Crippen LogP contribution in [-0.2, 0) is 26.9 Å². The molecule has 0 spiro atoms. The lowest BCUT2D eigenvalue weighted by Gasteiger charge is -2.38. The third kappa shape index (κ3) is 4.78. The zero-order chi connectivity index (χ0) is 25.8. The number of ether oxygens (including phenoxy) is 1. The molecule has 0 bridgehead atoms. The van der Waals surface area contributed by atoms with E-state index in [1.807, 2.05) is 31.2 Å².